The SMILES string of the molecule is CC(=O)OC[C@H]1O[C@H](SC(=N)N)[C@@H](OC(C)=O)[C@@H](OC(C)=O)[C@@H]1OC(C)=O.[Br-].[H+]. The lowest BCUT2D eigenvalue weighted by molar-refractivity contribution is -0.237. The molecular weight excluding hydrogens is 464 g/mol. The number of hydrogen-bond acceptors (Lipinski definition) is 11. The standard InChI is InChI=1S/C15H22N2O9S.BrH/c1-6(18)22-5-10-11(23-7(2)19)12(24-8(3)20)13(25-9(4)21)14(26-10)27-15(16)17;/h10-14H,5H2,1-4H3,(H3,16,17);1H/t10-,11-,12+,13+,14-;/m1./s1. The van der Waals surface area contributed by atoms with Gasteiger partial charge in [-0.25, -0.2) is 0 Å². The van der Waals surface area contributed by atoms with E-state index in [0.29, 0.717) is 11.8 Å². The zero-order chi connectivity index (χ0) is 20.7. The maximum Gasteiger partial charge on any atom is 1.00 e. The monoisotopic (exact) mass is 486 g/mol. The molecule has 1 saturated heterocycles. The zero-order valence-electron chi connectivity index (χ0n) is 16.6. The Hall–Kier alpha value is -1.86. The first-order chi connectivity index (χ1) is 12.5. The molecule has 1 aliphatic heterocycles. The molecule has 13 heteroatoms. The molecule has 5 atom stereocenters. The highest BCUT2D eigenvalue weighted by atomic mass is 79.9. The number of nitrogens with one attached hydrogen (secondary N) is 1. The van der Waals surface area contributed by atoms with Gasteiger partial charge in [0.15, 0.2) is 28.9 Å². The molecule has 3 N–H and O–H groups in total. The van der Waals surface area contributed by atoms with E-state index < -0.39 is 53.7 Å². The predicted molar refractivity (Wildman–Crippen MR) is 92.6 cm³/mol. The topological polar surface area (TPSA) is 164 Å². The summed E-state index contributed by atoms with van der Waals surface area (Å²) in [6, 6.07) is 0. The Labute approximate surface area is 177 Å². The third-order valence-corrected chi connectivity index (χ3v) is 4.06. The fourth-order valence-corrected chi connectivity index (χ4v) is 3.20. The van der Waals surface area contributed by atoms with E-state index >= 15 is 0 Å². The number of thioether (sulfide) groups is 1. The Balaban J connectivity index is 0. The summed E-state index contributed by atoms with van der Waals surface area (Å²) >= 11 is 0.705. The molecule has 0 spiro atoms. The van der Waals surface area contributed by atoms with Crippen LogP contribution >= 0.6 is 11.8 Å². The smallest absolute Gasteiger partial charge is 1.00 e. The number of esters is 4. The van der Waals surface area contributed by atoms with Gasteiger partial charge in [0, 0.05) is 27.7 Å². The first-order valence-electron chi connectivity index (χ1n) is 7.82. The fourth-order valence-electron chi connectivity index (χ4n) is 2.41. The summed E-state index contributed by atoms with van der Waals surface area (Å²) in [7, 11) is 0. The number of rotatable bonds is 6. The third-order valence-electron chi connectivity index (χ3n) is 3.19. The van der Waals surface area contributed by atoms with Crippen LogP contribution in [0, 0.1) is 5.41 Å². The number of carbonyl (C=O) groups is 4. The maximum atomic E-state index is 11.6. The minimum atomic E-state index is -1.26. The molecule has 1 heterocycles. The molecule has 0 saturated carbocycles. The van der Waals surface area contributed by atoms with Crippen LogP contribution in [0.2, 0.25) is 0 Å². The van der Waals surface area contributed by atoms with Crippen molar-refractivity contribution in [3.05, 3.63) is 0 Å². The van der Waals surface area contributed by atoms with Crippen LogP contribution < -0.4 is 22.7 Å². The highest BCUT2D eigenvalue weighted by Crippen LogP contribution is 2.34. The van der Waals surface area contributed by atoms with Gasteiger partial charge in [-0.15, -0.1) is 0 Å². The molecule has 0 aromatic heterocycles. The van der Waals surface area contributed by atoms with Gasteiger partial charge in [0.05, 0.1) is 0 Å². The Morgan fingerprint density at radius 3 is 1.82 bits per heavy atom. The normalized spacial score (nSPS) is 26.2. The molecule has 28 heavy (non-hydrogen) atoms. The van der Waals surface area contributed by atoms with Crippen LogP contribution in [0.3, 0.4) is 0 Å². The molecule has 160 valence electrons. The van der Waals surface area contributed by atoms with Crippen molar-refractivity contribution in [2.24, 2.45) is 5.73 Å². The molecule has 11 nitrogen and oxygen atoms in total. The van der Waals surface area contributed by atoms with Crippen molar-refractivity contribution in [1.29, 1.82) is 5.41 Å². The first kappa shape index (κ1) is 26.1. The lowest BCUT2D eigenvalue weighted by Gasteiger charge is -2.43. The molecule has 1 rings (SSSR count). The van der Waals surface area contributed by atoms with E-state index in [1.807, 2.05) is 0 Å². The Morgan fingerprint density at radius 1 is 0.929 bits per heavy atom. The Kier molecular flexibility index (Phi) is 11.1. The molecule has 1 aliphatic rings. The van der Waals surface area contributed by atoms with E-state index in [0.717, 1.165) is 20.8 Å². The van der Waals surface area contributed by atoms with Gasteiger partial charge in [-0.1, -0.05) is 11.8 Å². The third kappa shape index (κ3) is 8.44. The van der Waals surface area contributed by atoms with E-state index in [4.69, 9.17) is 34.8 Å². The Bertz CT molecular complexity index is 625. The van der Waals surface area contributed by atoms with E-state index in [9.17, 15) is 19.2 Å². The van der Waals surface area contributed by atoms with Gasteiger partial charge in [0.2, 0.25) is 0 Å². The fraction of sp³-hybridized carbons (Fsp3) is 0.667. The van der Waals surface area contributed by atoms with Gasteiger partial charge in [-0.05, 0) is 0 Å². The van der Waals surface area contributed by atoms with Gasteiger partial charge < -0.3 is 46.4 Å². The minimum absolute atomic E-state index is 0. The average molecular weight is 487 g/mol. The summed E-state index contributed by atoms with van der Waals surface area (Å²) < 4.78 is 26.2. The summed E-state index contributed by atoms with van der Waals surface area (Å²) in [5.74, 6) is -2.76. The van der Waals surface area contributed by atoms with Crippen LogP contribution in [0.5, 0.6) is 0 Å². The molecule has 0 radical (unpaired) electrons. The molecule has 1 fully saturated rings. The lowest BCUT2D eigenvalue weighted by atomic mass is 9.99. The van der Waals surface area contributed by atoms with Gasteiger partial charge in [-0.2, -0.15) is 0 Å². The maximum absolute atomic E-state index is 11.6. The Morgan fingerprint density at radius 2 is 1.39 bits per heavy atom. The van der Waals surface area contributed by atoms with Crippen molar-refractivity contribution in [1.82, 2.24) is 0 Å². The summed E-state index contributed by atoms with van der Waals surface area (Å²) in [4.78, 5) is 45.7. The van der Waals surface area contributed by atoms with Gasteiger partial charge in [0.1, 0.15) is 12.7 Å². The van der Waals surface area contributed by atoms with Crippen LogP contribution in [0.4, 0.5) is 0 Å². The molecular formula is C15H23BrN2O9S. The van der Waals surface area contributed by atoms with Crippen molar-refractivity contribution in [2.45, 2.75) is 57.5 Å². The number of hydrogen-bond donors (Lipinski definition) is 2. The number of amidine groups is 1. The predicted octanol–water partition coefficient (Wildman–Crippen LogP) is -3.19. The second-order valence-electron chi connectivity index (χ2n) is 5.55. The van der Waals surface area contributed by atoms with Crippen molar-refractivity contribution in [2.75, 3.05) is 6.61 Å². The first-order valence-corrected chi connectivity index (χ1v) is 8.70. The molecule has 0 bridgehead atoms. The largest absolute Gasteiger partial charge is 1.00 e. The van der Waals surface area contributed by atoms with Crippen LogP contribution in [0.25, 0.3) is 0 Å². The van der Waals surface area contributed by atoms with E-state index in [1.165, 1.54) is 6.92 Å². The van der Waals surface area contributed by atoms with E-state index in [1.54, 1.807) is 0 Å². The molecule has 0 aromatic rings. The molecule has 0 aromatic carbocycles. The number of halogens is 1. The summed E-state index contributed by atoms with van der Waals surface area (Å²) in [6.45, 7) is 4.24. The number of nitrogens with two attached hydrogens (primary N) is 1. The van der Waals surface area contributed by atoms with Crippen LogP contribution in [0.15, 0.2) is 0 Å². The van der Waals surface area contributed by atoms with E-state index in [2.05, 4.69) is 0 Å². The van der Waals surface area contributed by atoms with Crippen LogP contribution in [0.1, 0.15) is 29.1 Å². The summed E-state index contributed by atoms with van der Waals surface area (Å²) in [5, 5.41) is 7.10. The summed E-state index contributed by atoms with van der Waals surface area (Å²) in [6.07, 6.45) is -4.76. The summed E-state index contributed by atoms with van der Waals surface area (Å²) in [5.41, 5.74) is 4.33. The van der Waals surface area contributed by atoms with Crippen LogP contribution in [-0.2, 0) is 42.9 Å². The highest BCUT2D eigenvalue weighted by Gasteiger charge is 2.52. The number of ether oxygens (including phenoxy) is 5. The second-order valence-corrected chi connectivity index (χ2v) is 6.69. The quantitative estimate of drug-likeness (QED) is 0.168. The van der Waals surface area contributed by atoms with Gasteiger partial charge >= 0.3 is 25.3 Å². The van der Waals surface area contributed by atoms with Gasteiger partial charge in [-0.3, -0.25) is 24.6 Å². The highest BCUT2D eigenvalue weighted by molar-refractivity contribution is 8.14. The molecule has 0 unspecified atom stereocenters. The second kappa shape index (κ2) is 11.9. The average Bonchev–Trinajstić information content (AvgIpc) is 2.49. The molecule has 0 aliphatic carbocycles. The van der Waals surface area contributed by atoms with Crippen molar-refractivity contribution >= 4 is 40.8 Å². The minimum Gasteiger partial charge on any atom is -1.00 e. The zero-order valence-corrected chi connectivity index (χ0v) is 18.0. The van der Waals surface area contributed by atoms with Crippen molar-refractivity contribution < 1.29 is 61.3 Å². The van der Waals surface area contributed by atoms with Crippen molar-refractivity contribution in [3.63, 3.8) is 0 Å². The van der Waals surface area contributed by atoms with E-state index in [-0.39, 0.29) is 30.2 Å². The lowest BCUT2D eigenvalue weighted by Crippen LogP contribution is -3.00. The van der Waals surface area contributed by atoms with Crippen LogP contribution in [-0.4, -0.2) is 65.5 Å². The number of carbonyl (C=O) groups excluding carboxylic acids is 4. The van der Waals surface area contributed by atoms with Gasteiger partial charge in [0.25, 0.3) is 0 Å². The van der Waals surface area contributed by atoms with Crippen molar-refractivity contribution in [3.8, 4) is 0 Å². The molecule has 0 amide bonds.